The second kappa shape index (κ2) is 7.40. The smallest absolute Gasteiger partial charge is 0.170 e. The van der Waals surface area contributed by atoms with E-state index in [9.17, 15) is 0 Å². The van der Waals surface area contributed by atoms with Crippen molar-refractivity contribution in [3.05, 3.63) is 17.2 Å². The Morgan fingerprint density at radius 3 is 2.42 bits per heavy atom. The molecule has 1 aromatic rings. The highest BCUT2D eigenvalue weighted by molar-refractivity contribution is 7.80. The van der Waals surface area contributed by atoms with Gasteiger partial charge in [-0.05, 0) is 24.2 Å². The van der Waals surface area contributed by atoms with E-state index in [0.717, 1.165) is 6.54 Å². The molecule has 6 heteroatoms. The van der Waals surface area contributed by atoms with Crippen LogP contribution in [0.4, 0.5) is 5.69 Å². The van der Waals surface area contributed by atoms with Crippen molar-refractivity contribution in [3.63, 3.8) is 0 Å². The summed E-state index contributed by atoms with van der Waals surface area (Å²) in [5, 5.41) is 7.22. The summed E-state index contributed by atoms with van der Waals surface area (Å²) >= 11 is 11.3. The lowest BCUT2D eigenvalue weighted by Gasteiger charge is -2.16. The van der Waals surface area contributed by atoms with Crippen molar-refractivity contribution in [2.45, 2.75) is 13.8 Å². The molecule has 0 unspecified atom stereocenters. The number of rotatable bonds is 5. The van der Waals surface area contributed by atoms with Crippen LogP contribution in [0.1, 0.15) is 13.8 Å². The first-order valence-corrected chi connectivity index (χ1v) is 6.73. The van der Waals surface area contributed by atoms with Crippen molar-refractivity contribution in [2.24, 2.45) is 5.92 Å². The molecule has 0 bridgehead atoms. The zero-order valence-corrected chi connectivity index (χ0v) is 13.1. The van der Waals surface area contributed by atoms with Crippen LogP contribution in [0, 0.1) is 5.92 Å². The molecule has 2 N–H and O–H groups in total. The third-order valence-electron chi connectivity index (χ3n) is 2.39. The first kappa shape index (κ1) is 15.9. The molecule has 0 aliphatic rings. The summed E-state index contributed by atoms with van der Waals surface area (Å²) in [6.07, 6.45) is 0. The van der Waals surface area contributed by atoms with Crippen LogP contribution in [0.3, 0.4) is 0 Å². The van der Waals surface area contributed by atoms with Crippen molar-refractivity contribution in [1.82, 2.24) is 5.32 Å². The lowest BCUT2D eigenvalue weighted by Crippen LogP contribution is -2.31. The van der Waals surface area contributed by atoms with E-state index in [1.165, 1.54) is 0 Å². The predicted octanol–water partition coefficient (Wildman–Crippen LogP) is 3.30. The molecule has 19 heavy (non-hydrogen) atoms. The Kier molecular flexibility index (Phi) is 6.18. The molecule has 0 radical (unpaired) electrons. The number of nitrogens with one attached hydrogen (secondary N) is 2. The summed E-state index contributed by atoms with van der Waals surface area (Å²) in [6.45, 7) is 5.03. The number of anilines is 1. The Morgan fingerprint density at radius 2 is 1.89 bits per heavy atom. The van der Waals surface area contributed by atoms with Gasteiger partial charge in [0.15, 0.2) is 5.11 Å². The van der Waals surface area contributed by atoms with E-state index < -0.39 is 0 Å². The first-order chi connectivity index (χ1) is 8.97. The fraction of sp³-hybridized carbons (Fsp3) is 0.462. The minimum atomic E-state index is 0.498. The summed E-state index contributed by atoms with van der Waals surface area (Å²) < 4.78 is 10.4. The molecule has 0 aromatic heterocycles. The fourth-order valence-electron chi connectivity index (χ4n) is 1.42. The van der Waals surface area contributed by atoms with Crippen LogP contribution in [0.2, 0.25) is 5.02 Å². The standard InChI is InChI=1S/C13H19ClN2O2S/c1-8(2)7-15-13(19)16-10-5-9(14)11(17-3)6-12(10)18-4/h5-6,8H,7H2,1-4H3,(H2,15,16,19). The predicted molar refractivity (Wildman–Crippen MR) is 83.6 cm³/mol. The maximum absolute atomic E-state index is 6.09. The zero-order valence-electron chi connectivity index (χ0n) is 11.5. The van der Waals surface area contributed by atoms with Crippen molar-refractivity contribution in [3.8, 4) is 11.5 Å². The van der Waals surface area contributed by atoms with E-state index in [4.69, 9.17) is 33.3 Å². The molecule has 0 saturated carbocycles. The summed E-state index contributed by atoms with van der Waals surface area (Å²) in [6, 6.07) is 3.44. The number of methoxy groups -OCH3 is 2. The number of hydrogen-bond acceptors (Lipinski definition) is 3. The SMILES string of the molecule is COc1cc(OC)c(NC(=S)NCC(C)C)cc1Cl. The Labute approximate surface area is 124 Å². The summed E-state index contributed by atoms with van der Waals surface area (Å²) in [5.41, 5.74) is 0.703. The number of halogens is 1. The van der Waals surface area contributed by atoms with Crippen molar-refractivity contribution in [2.75, 3.05) is 26.1 Å². The molecule has 0 aliphatic carbocycles. The summed E-state index contributed by atoms with van der Waals surface area (Å²) in [7, 11) is 3.14. The van der Waals surface area contributed by atoms with Crippen LogP contribution in [0.15, 0.2) is 12.1 Å². The number of ether oxygens (including phenoxy) is 2. The van der Waals surface area contributed by atoms with Gasteiger partial charge in [-0.2, -0.15) is 0 Å². The number of thiocarbonyl (C=S) groups is 1. The minimum Gasteiger partial charge on any atom is -0.495 e. The van der Waals surface area contributed by atoms with Gasteiger partial charge in [0, 0.05) is 12.6 Å². The van der Waals surface area contributed by atoms with Crippen molar-refractivity contribution in [1.29, 1.82) is 0 Å². The molecule has 0 atom stereocenters. The fourth-order valence-corrected chi connectivity index (χ4v) is 1.86. The summed E-state index contributed by atoms with van der Waals surface area (Å²) in [5.74, 6) is 1.70. The van der Waals surface area contributed by atoms with E-state index in [-0.39, 0.29) is 0 Å². The first-order valence-electron chi connectivity index (χ1n) is 5.94. The second-order valence-corrected chi connectivity index (χ2v) is 5.23. The molecule has 0 fully saturated rings. The third kappa shape index (κ3) is 4.76. The molecule has 0 saturated heterocycles. The maximum Gasteiger partial charge on any atom is 0.170 e. The van der Waals surface area contributed by atoms with Gasteiger partial charge in [-0.25, -0.2) is 0 Å². The van der Waals surface area contributed by atoms with Gasteiger partial charge in [0.05, 0.1) is 24.9 Å². The van der Waals surface area contributed by atoms with Crippen LogP contribution in [-0.2, 0) is 0 Å². The highest BCUT2D eigenvalue weighted by Gasteiger charge is 2.11. The average Bonchev–Trinajstić information content (AvgIpc) is 2.36. The lowest BCUT2D eigenvalue weighted by molar-refractivity contribution is 0.396. The molecule has 0 aliphatic heterocycles. The van der Waals surface area contributed by atoms with Crippen LogP contribution in [-0.4, -0.2) is 25.9 Å². The van der Waals surface area contributed by atoms with Crippen LogP contribution < -0.4 is 20.1 Å². The van der Waals surface area contributed by atoms with Crippen molar-refractivity contribution < 1.29 is 9.47 Å². The van der Waals surface area contributed by atoms with Crippen LogP contribution in [0.25, 0.3) is 0 Å². The molecule has 0 heterocycles. The van der Waals surface area contributed by atoms with E-state index in [2.05, 4.69) is 24.5 Å². The third-order valence-corrected chi connectivity index (χ3v) is 2.93. The molecule has 0 amide bonds. The molecule has 1 rings (SSSR count). The van der Waals surface area contributed by atoms with Gasteiger partial charge in [-0.3, -0.25) is 0 Å². The monoisotopic (exact) mass is 302 g/mol. The molecular weight excluding hydrogens is 284 g/mol. The minimum absolute atomic E-state index is 0.498. The lowest BCUT2D eigenvalue weighted by atomic mass is 10.2. The van der Waals surface area contributed by atoms with Crippen LogP contribution >= 0.6 is 23.8 Å². The van der Waals surface area contributed by atoms with Gasteiger partial charge in [0.25, 0.3) is 0 Å². The normalized spacial score (nSPS) is 10.2. The Bertz CT molecular complexity index is 453. The molecule has 1 aromatic carbocycles. The van der Waals surface area contributed by atoms with Gasteiger partial charge in [-0.1, -0.05) is 25.4 Å². The number of benzene rings is 1. The number of hydrogen-bond donors (Lipinski definition) is 2. The van der Waals surface area contributed by atoms with E-state index in [0.29, 0.717) is 33.2 Å². The molecule has 4 nitrogen and oxygen atoms in total. The van der Waals surface area contributed by atoms with Gasteiger partial charge in [0.1, 0.15) is 11.5 Å². The topological polar surface area (TPSA) is 42.5 Å². The molecular formula is C13H19ClN2O2S. The Balaban J connectivity index is 2.82. The van der Waals surface area contributed by atoms with E-state index in [1.54, 1.807) is 26.4 Å². The Hall–Kier alpha value is -1.20. The van der Waals surface area contributed by atoms with Gasteiger partial charge in [0.2, 0.25) is 0 Å². The van der Waals surface area contributed by atoms with Crippen LogP contribution in [0.5, 0.6) is 11.5 Å². The van der Waals surface area contributed by atoms with Crippen molar-refractivity contribution >= 4 is 34.6 Å². The molecule has 106 valence electrons. The van der Waals surface area contributed by atoms with E-state index in [1.807, 2.05) is 0 Å². The average molecular weight is 303 g/mol. The summed E-state index contributed by atoms with van der Waals surface area (Å²) in [4.78, 5) is 0. The quantitative estimate of drug-likeness (QED) is 0.817. The zero-order chi connectivity index (χ0) is 14.4. The highest BCUT2D eigenvalue weighted by Crippen LogP contribution is 2.35. The second-order valence-electron chi connectivity index (χ2n) is 4.42. The highest BCUT2D eigenvalue weighted by atomic mass is 35.5. The largest absolute Gasteiger partial charge is 0.495 e. The maximum atomic E-state index is 6.09. The van der Waals surface area contributed by atoms with Gasteiger partial charge < -0.3 is 20.1 Å². The van der Waals surface area contributed by atoms with Gasteiger partial charge >= 0.3 is 0 Å². The molecule has 0 spiro atoms. The van der Waals surface area contributed by atoms with Gasteiger partial charge in [-0.15, -0.1) is 0 Å². The Morgan fingerprint density at radius 1 is 1.26 bits per heavy atom. The van der Waals surface area contributed by atoms with E-state index >= 15 is 0 Å².